The molecule has 0 aliphatic heterocycles. The van der Waals surface area contributed by atoms with Gasteiger partial charge in [0.1, 0.15) is 18.7 Å². The summed E-state index contributed by atoms with van der Waals surface area (Å²) in [4.78, 5) is 17.9. The average Bonchev–Trinajstić information content (AvgIpc) is 3.13. The number of nitrogens with zero attached hydrogens (tertiary/aromatic N) is 5. The Bertz CT molecular complexity index is 809. The lowest BCUT2D eigenvalue weighted by atomic mass is 10.1. The van der Waals surface area contributed by atoms with Gasteiger partial charge in [0.2, 0.25) is 5.91 Å². The molecule has 160 valence electrons. The number of carbonyl (C=O) groups excluding carboxylic acids is 1. The maximum absolute atomic E-state index is 11.9. The first-order valence-corrected chi connectivity index (χ1v) is 9.66. The number of benzene rings is 1. The molecule has 2 N–H and O–H groups in total. The molecule has 0 saturated heterocycles. The van der Waals surface area contributed by atoms with E-state index >= 15 is 0 Å². The predicted molar refractivity (Wildman–Crippen MR) is 127 cm³/mol. The first-order chi connectivity index (χ1) is 13.4. The second-order valence-corrected chi connectivity index (χ2v) is 6.97. The Kier molecular flexibility index (Phi) is 11.0. The van der Waals surface area contributed by atoms with Gasteiger partial charge in [0.15, 0.2) is 5.96 Å². The number of carbonyl (C=O) groups is 1. The highest BCUT2D eigenvalue weighted by atomic mass is 127. The molecule has 1 atom stereocenters. The maximum atomic E-state index is 11.9. The van der Waals surface area contributed by atoms with Crippen LogP contribution in [0.1, 0.15) is 31.3 Å². The number of likely N-dealkylation sites (N-methyl/N-ethyl adjacent to an activating group) is 1. The predicted octanol–water partition coefficient (Wildman–Crippen LogP) is 2.50. The molecule has 2 rings (SSSR count). The third-order valence-electron chi connectivity index (χ3n) is 4.25. The summed E-state index contributed by atoms with van der Waals surface area (Å²) in [6.07, 6.45) is 2.53. The molecule has 0 bridgehead atoms. The number of rotatable bonds is 8. The van der Waals surface area contributed by atoms with Gasteiger partial charge in [0, 0.05) is 38.6 Å². The van der Waals surface area contributed by atoms with Crippen LogP contribution in [0, 0.1) is 0 Å². The minimum Gasteiger partial charge on any atom is -0.355 e. The van der Waals surface area contributed by atoms with Gasteiger partial charge in [-0.2, -0.15) is 0 Å². The molecule has 1 aromatic carbocycles. The van der Waals surface area contributed by atoms with E-state index in [-0.39, 0.29) is 42.5 Å². The molecule has 0 saturated carbocycles. The van der Waals surface area contributed by atoms with Crippen molar-refractivity contribution in [3.63, 3.8) is 0 Å². The molecular formula is C19H29ClIN7O. The minimum atomic E-state index is -0.0736. The maximum Gasteiger partial charge on any atom is 0.243 e. The molecule has 0 aliphatic carbocycles. The molecule has 1 unspecified atom stereocenters. The highest BCUT2D eigenvalue weighted by Crippen LogP contribution is 2.21. The zero-order chi connectivity index (χ0) is 20.5. The fourth-order valence-corrected chi connectivity index (χ4v) is 2.88. The first-order valence-electron chi connectivity index (χ1n) is 9.28. The zero-order valence-electron chi connectivity index (χ0n) is 17.2. The molecule has 1 amide bonds. The Morgan fingerprint density at radius 3 is 2.72 bits per heavy atom. The Hall–Kier alpha value is -1.88. The summed E-state index contributed by atoms with van der Waals surface area (Å²) in [5.74, 6) is 1.41. The van der Waals surface area contributed by atoms with E-state index in [2.05, 4.69) is 25.8 Å². The van der Waals surface area contributed by atoms with Gasteiger partial charge in [0.05, 0.1) is 6.04 Å². The van der Waals surface area contributed by atoms with Crippen LogP contribution in [0.4, 0.5) is 0 Å². The van der Waals surface area contributed by atoms with Crippen LogP contribution in [0.2, 0.25) is 5.02 Å². The number of nitrogens with one attached hydrogen (secondary N) is 2. The van der Waals surface area contributed by atoms with Gasteiger partial charge in [-0.3, -0.25) is 4.79 Å². The van der Waals surface area contributed by atoms with Crippen molar-refractivity contribution in [1.29, 1.82) is 0 Å². The van der Waals surface area contributed by atoms with Crippen molar-refractivity contribution in [3.05, 3.63) is 47.0 Å². The van der Waals surface area contributed by atoms with Crippen molar-refractivity contribution in [3.8, 4) is 0 Å². The van der Waals surface area contributed by atoms with E-state index in [9.17, 15) is 4.79 Å². The molecule has 8 nitrogen and oxygen atoms in total. The number of halogens is 2. The quantitative estimate of drug-likeness (QED) is 0.309. The second-order valence-electron chi connectivity index (χ2n) is 6.56. The second kappa shape index (κ2) is 12.6. The highest BCUT2D eigenvalue weighted by Gasteiger charge is 2.12. The largest absolute Gasteiger partial charge is 0.355 e. The molecule has 0 spiro atoms. The van der Waals surface area contributed by atoms with Gasteiger partial charge in [-0.05, 0) is 18.6 Å². The lowest BCUT2D eigenvalue weighted by Gasteiger charge is -2.20. The number of amides is 1. The molecule has 0 radical (unpaired) electrons. The molecular weight excluding hydrogens is 505 g/mol. The van der Waals surface area contributed by atoms with Crippen LogP contribution in [0.3, 0.4) is 0 Å². The Morgan fingerprint density at radius 1 is 1.34 bits per heavy atom. The van der Waals surface area contributed by atoms with E-state index in [4.69, 9.17) is 11.6 Å². The van der Waals surface area contributed by atoms with Gasteiger partial charge < -0.3 is 20.1 Å². The average molecular weight is 534 g/mol. The Morgan fingerprint density at radius 2 is 2.07 bits per heavy atom. The van der Waals surface area contributed by atoms with E-state index in [1.165, 1.54) is 4.90 Å². The summed E-state index contributed by atoms with van der Waals surface area (Å²) >= 11 is 6.30. The van der Waals surface area contributed by atoms with Crippen molar-refractivity contribution < 1.29 is 4.79 Å². The van der Waals surface area contributed by atoms with Crippen LogP contribution >= 0.6 is 35.6 Å². The number of hydrogen-bond donors (Lipinski definition) is 2. The summed E-state index contributed by atoms with van der Waals surface area (Å²) < 4.78 is 1.99. The van der Waals surface area contributed by atoms with E-state index in [0.717, 1.165) is 17.8 Å². The molecule has 0 aliphatic rings. The molecule has 2 aromatic rings. The summed E-state index contributed by atoms with van der Waals surface area (Å²) in [6, 6.07) is 7.58. The van der Waals surface area contributed by atoms with Crippen LogP contribution < -0.4 is 10.6 Å². The molecule has 10 heteroatoms. The van der Waals surface area contributed by atoms with Crippen molar-refractivity contribution >= 4 is 47.4 Å². The molecule has 29 heavy (non-hydrogen) atoms. The number of aryl methyl sites for hydroxylation is 1. The topological polar surface area (TPSA) is 87.4 Å². The SMILES string of the molecule is CCc1nncn1CCNC(=NCC(=O)N(C)C)NC(C)c1ccccc1Cl.I. The smallest absolute Gasteiger partial charge is 0.243 e. The number of aliphatic imine (C=N–C) groups is 1. The van der Waals surface area contributed by atoms with Gasteiger partial charge in [0.25, 0.3) is 0 Å². The fraction of sp³-hybridized carbons (Fsp3) is 0.474. The van der Waals surface area contributed by atoms with E-state index in [0.29, 0.717) is 24.1 Å². The third kappa shape index (κ3) is 7.81. The summed E-state index contributed by atoms with van der Waals surface area (Å²) in [5, 5.41) is 15.3. The molecule has 0 fully saturated rings. The monoisotopic (exact) mass is 533 g/mol. The van der Waals surface area contributed by atoms with E-state index in [1.54, 1.807) is 20.4 Å². The Labute approximate surface area is 194 Å². The van der Waals surface area contributed by atoms with E-state index < -0.39 is 0 Å². The van der Waals surface area contributed by atoms with Crippen molar-refractivity contribution in [2.45, 2.75) is 32.9 Å². The zero-order valence-corrected chi connectivity index (χ0v) is 20.3. The van der Waals surface area contributed by atoms with Gasteiger partial charge in [-0.1, -0.05) is 36.7 Å². The first kappa shape index (κ1) is 25.2. The van der Waals surface area contributed by atoms with Crippen molar-refractivity contribution in [1.82, 2.24) is 30.3 Å². The van der Waals surface area contributed by atoms with Gasteiger partial charge in [-0.25, -0.2) is 4.99 Å². The van der Waals surface area contributed by atoms with Crippen LogP contribution in [-0.2, 0) is 17.8 Å². The van der Waals surface area contributed by atoms with Gasteiger partial charge in [-0.15, -0.1) is 34.2 Å². The van der Waals surface area contributed by atoms with Crippen LogP contribution in [0.5, 0.6) is 0 Å². The lowest BCUT2D eigenvalue weighted by Crippen LogP contribution is -2.41. The van der Waals surface area contributed by atoms with Crippen LogP contribution in [0.15, 0.2) is 35.6 Å². The minimum absolute atomic E-state index is 0. The summed E-state index contributed by atoms with van der Waals surface area (Å²) in [5.41, 5.74) is 0.963. The van der Waals surface area contributed by atoms with Crippen molar-refractivity contribution in [2.75, 3.05) is 27.2 Å². The molecule has 1 aromatic heterocycles. The number of guanidine groups is 1. The highest BCUT2D eigenvalue weighted by molar-refractivity contribution is 14.0. The van der Waals surface area contributed by atoms with Crippen LogP contribution in [0.25, 0.3) is 0 Å². The number of hydrogen-bond acceptors (Lipinski definition) is 4. The Balaban J connectivity index is 0.00000420. The molecule has 1 heterocycles. The third-order valence-corrected chi connectivity index (χ3v) is 4.60. The van der Waals surface area contributed by atoms with Crippen molar-refractivity contribution in [2.24, 2.45) is 4.99 Å². The van der Waals surface area contributed by atoms with Gasteiger partial charge >= 0.3 is 0 Å². The van der Waals surface area contributed by atoms with Crippen LogP contribution in [-0.4, -0.2) is 58.7 Å². The van der Waals surface area contributed by atoms with E-state index in [1.807, 2.05) is 42.7 Å². The standard InChI is InChI=1S/C19H28ClN7O.HI/c1-5-17-25-23-13-27(17)11-10-21-19(22-12-18(28)26(3)4)24-14(2)15-8-6-7-9-16(15)20;/h6-9,13-14H,5,10-12H2,1-4H3,(H2,21,22,24);1H. The lowest BCUT2D eigenvalue weighted by molar-refractivity contribution is -0.127. The summed E-state index contributed by atoms with van der Waals surface area (Å²) in [6.45, 7) is 5.41. The normalized spacial score (nSPS) is 12.1. The summed E-state index contributed by atoms with van der Waals surface area (Å²) in [7, 11) is 3.42. The number of aromatic nitrogens is 3. The fourth-order valence-electron chi connectivity index (χ4n) is 2.58.